The number of aryl methyl sites for hydroxylation is 2. The lowest BCUT2D eigenvalue weighted by molar-refractivity contribution is -0.113. The Bertz CT molecular complexity index is 1030. The average Bonchev–Trinajstić information content (AvgIpc) is 3.18. The first-order chi connectivity index (χ1) is 14.9. The number of para-hydroxylation sites is 3. The monoisotopic (exact) mass is 440 g/mol. The highest BCUT2D eigenvalue weighted by Gasteiger charge is 2.20. The van der Waals surface area contributed by atoms with E-state index in [1.165, 1.54) is 11.8 Å². The van der Waals surface area contributed by atoms with Crippen molar-refractivity contribution in [3.05, 3.63) is 59.4 Å². The van der Waals surface area contributed by atoms with Crippen LogP contribution in [-0.2, 0) is 11.3 Å². The smallest absolute Gasteiger partial charge is 0.234 e. The van der Waals surface area contributed by atoms with Gasteiger partial charge in [-0.15, -0.1) is 10.2 Å². The zero-order valence-corrected chi connectivity index (χ0v) is 19.3. The lowest BCUT2D eigenvalue weighted by atomic mass is 10.1. The molecule has 1 heterocycles. The van der Waals surface area contributed by atoms with Crippen molar-refractivity contribution in [2.24, 2.45) is 0 Å². The van der Waals surface area contributed by atoms with Gasteiger partial charge < -0.3 is 19.4 Å². The quantitative estimate of drug-likeness (QED) is 0.482. The molecule has 1 aromatic heterocycles. The van der Waals surface area contributed by atoms with Crippen molar-refractivity contribution in [2.75, 3.05) is 18.2 Å². The molecule has 1 amide bonds. The summed E-state index contributed by atoms with van der Waals surface area (Å²) >= 11 is 1.36. The van der Waals surface area contributed by atoms with Gasteiger partial charge in [0.05, 0.1) is 12.9 Å². The van der Waals surface area contributed by atoms with E-state index in [9.17, 15) is 4.79 Å². The first-order valence-electron chi connectivity index (χ1n) is 10.2. The number of carbonyl (C=O) groups excluding carboxylic acids is 1. The zero-order chi connectivity index (χ0) is 22.4. The molecule has 1 atom stereocenters. The van der Waals surface area contributed by atoms with E-state index in [1.807, 2.05) is 74.7 Å². The fourth-order valence-corrected chi connectivity index (χ4v) is 4.09. The maximum atomic E-state index is 12.5. The van der Waals surface area contributed by atoms with E-state index in [4.69, 9.17) is 9.47 Å². The normalized spacial score (nSPS) is 11.8. The van der Waals surface area contributed by atoms with Gasteiger partial charge in [-0.05, 0) is 51.0 Å². The first kappa shape index (κ1) is 22.7. The molecule has 1 N–H and O–H groups in total. The predicted molar refractivity (Wildman–Crippen MR) is 123 cm³/mol. The van der Waals surface area contributed by atoms with Crippen LogP contribution in [-0.4, -0.2) is 33.5 Å². The third-order valence-corrected chi connectivity index (χ3v) is 5.84. The molecular formula is C23H28N4O3S. The van der Waals surface area contributed by atoms with Crippen molar-refractivity contribution >= 4 is 23.4 Å². The van der Waals surface area contributed by atoms with Crippen molar-refractivity contribution in [1.29, 1.82) is 0 Å². The number of aromatic nitrogens is 3. The van der Waals surface area contributed by atoms with Crippen LogP contribution in [0.25, 0.3) is 0 Å². The first-order valence-corrected chi connectivity index (χ1v) is 11.1. The summed E-state index contributed by atoms with van der Waals surface area (Å²) in [5.41, 5.74) is 2.95. The Morgan fingerprint density at radius 2 is 1.77 bits per heavy atom. The van der Waals surface area contributed by atoms with Gasteiger partial charge in [-0.3, -0.25) is 4.79 Å². The Balaban J connectivity index is 1.67. The largest absolute Gasteiger partial charge is 0.493 e. The van der Waals surface area contributed by atoms with Crippen LogP contribution >= 0.6 is 11.8 Å². The van der Waals surface area contributed by atoms with Crippen molar-refractivity contribution in [1.82, 2.24) is 14.8 Å². The predicted octanol–water partition coefficient (Wildman–Crippen LogP) is 4.79. The maximum Gasteiger partial charge on any atom is 0.234 e. The summed E-state index contributed by atoms with van der Waals surface area (Å²) in [6.07, 6.45) is -0.332. The van der Waals surface area contributed by atoms with E-state index < -0.39 is 0 Å². The Morgan fingerprint density at radius 1 is 1.10 bits per heavy atom. The van der Waals surface area contributed by atoms with Gasteiger partial charge in [0.25, 0.3) is 0 Å². The molecule has 0 saturated carbocycles. The zero-order valence-electron chi connectivity index (χ0n) is 18.5. The number of nitrogens with zero attached hydrogens (tertiary/aromatic N) is 3. The summed E-state index contributed by atoms with van der Waals surface area (Å²) in [6.45, 7) is 8.58. The van der Waals surface area contributed by atoms with Crippen LogP contribution in [0, 0.1) is 13.8 Å². The van der Waals surface area contributed by atoms with Gasteiger partial charge in [0.15, 0.2) is 28.6 Å². The number of anilines is 1. The van der Waals surface area contributed by atoms with Gasteiger partial charge in [0.1, 0.15) is 0 Å². The molecule has 0 fully saturated rings. The fourth-order valence-electron chi connectivity index (χ4n) is 3.28. The van der Waals surface area contributed by atoms with E-state index >= 15 is 0 Å². The summed E-state index contributed by atoms with van der Waals surface area (Å²) in [4.78, 5) is 12.5. The minimum Gasteiger partial charge on any atom is -0.493 e. The van der Waals surface area contributed by atoms with Crippen LogP contribution in [0.2, 0.25) is 0 Å². The number of rotatable bonds is 9. The van der Waals surface area contributed by atoms with E-state index in [2.05, 4.69) is 15.5 Å². The highest BCUT2D eigenvalue weighted by molar-refractivity contribution is 7.99. The molecule has 3 aromatic rings. The SMILES string of the molecule is CCn1c(SCC(=O)Nc2c(C)cccc2C)nnc1C(C)Oc1ccccc1OC. The molecule has 164 valence electrons. The van der Waals surface area contributed by atoms with E-state index in [1.54, 1.807) is 7.11 Å². The molecule has 1 unspecified atom stereocenters. The molecule has 7 nitrogen and oxygen atoms in total. The standard InChI is InChI=1S/C23H28N4O3S/c1-6-27-22(17(4)30-19-13-8-7-12-18(19)29-5)25-26-23(27)31-14-20(28)24-21-15(2)10-9-11-16(21)3/h7-13,17H,6,14H2,1-5H3,(H,24,28). The van der Waals surface area contributed by atoms with Crippen LogP contribution in [0.15, 0.2) is 47.6 Å². The number of amides is 1. The van der Waals surface area contributed by atoms with Gasteiger partial charge >= 0.3 is 0 Å². The molecule has 3 rings (SSSR count). The molecule has 0 radical (unpaired) electrons. The minimum atomic E-state index is -0.332. The Labute approximate surface area is 187 Å². The van der Waals surface area contributed by atoms with Gasteiger partial charge in [0, 0.05) is 12.2 Å². The number of ether oxygens (including phenoxy) is 2. The Morgan fingerprint density at radius 3 is 2.42 bits per heavy atom. The second-order valence-corrected chi connectivity index (χ2v) is 8.04. The molecule has 0 saturated heterocycles. The van der Waals surface area contributed by atoms with E-state index in [-0.39, 0.29) is 17.8 Å². The number of hydrogen-bond acceptors (Lipinski definition) is 6. The van der Waals surface area contributed by atoms with Crippen LogP contribution < -0.4 is 14.8 Å². The average molecular weight is 441 g/mol. The summed E-state index contributed by atoms with van der Waals surface area (Å²) in [5.74, 6) is 2.17. The number of thioether (sulfide) groups is 1. The highest BCUT2D eigenvalue weighted by Crippen LogP contribution is 2.31. The highest BCUT2D eigenvalue weighted by atomic mass is 32.2. The molecule has 8 heteroatoms. The minimum absolute atomic E-state index is 0.0760. The molecule has 0 aliphatic carbocycles. The molecule has 0 spiro atoms. The van der Waals surface area contributed by atoms with Crippen molar-refractivity contribution in [3.63, 3.8) is 0 Å². The fraction of sp³-hybridized carbons (Fsp3) is 0.348. The van der Waals surface area contributed by atoms with Crippen LogP contribution in [0.4, 0.5) is 5.69 Å². The van der Waals surface area contributed by atoms with Gasteiger partial charge in [-0.1, -0.05) is 42.1 Å². The second-order valence-electron chi connectivity index (χ2n) is 7.10. The molecular weight excluding hydrogens is 412 g/mol. The summed E-state index contributed by atoms with van der Waals surface area (Å²) in [5, 5.41) is 12.3. The number of methoxy groups -OCH3 is 1. The Hall–Kier alpha value is -3.00. The Kier molecular flexibility index (Phi) is 7.57. The number of carbonyl (C=O) groups is 1. The van der Waals surface area contributed by atoms with E-state index in [0.29, 0.717) is 29.0 Å². The van der Waals surface area contributed by atoms with E-state index in [0.717, 1.165) is 16.8 Å². The third-order valence-electron chi connectivity index (χ3n) is 4.88. The van der Waals surface area contributed by atoms with Crippen molar-refractivity contribution < 1.29 is 14.3 Å². The van der Waals surface area contributed by atoms with Crippen LogP contribution in [0.1, 0.15) is 36.9 Å². The topological polar surface area (TPSA) is 78.3 Å². The number of benzene rings is 2. The maximum absolute atomic E-state index is 12.5. The van der Waals surface area contributed by atoms with Crippen molar-refractivity contribution in [2.45, 2.75) is 45.5 Å². The summed E-state index contributed by atoms with van der Waals surface area (Å²) < 4.78 is 13.4. The second kappa shape index (κ2) is 10.3. The number of hydrogen-bond donors (Lipinski definition) is 1. The summed E-state index contributed by atoms with van der Waals surface area (Å²) in [6, 6.07) is 13.4. The molecule has 0 aliphatic rings. The lowest BCUT2D eigenvalue weighted by Gasteiger charge is -2.17. The van der Waals surface area contributed by atoms with Crippen LogP contribution in [0.3, 0.4) is 0 Å². The molecule has 31 heavy (non-hydrogen) atoms. The lowest BCUT2D eigenvalue weighted by Crippen LogP contribution is -2.16. The summed E-state index contributed by atoms with van der Waals surface area (Å²) in [7, 11) is 1.61. The van der Waals surface area contributed by atoms with Gasteiger partial charge in [-0.2, -0.15) is 0 Å². The molecule has 2 aromatic carbocycles. The van der Waals surface area contributed by atoms with Crippen LogP contribution in [0.5, 0.6) is 11.5 Å². The van der Waals surface area contributed by atoms with Gasteiger partial charge in [-0.25, -0.2) is 0 Å². The molecule has 0 aliphatic heterocycles. The van der Waals surface area contributed by atoms with Gasteiger partial charge in [0.2, 0.25) is 5.91 Å². The molecule has 0 bridgehead atoms. The third kappa shape index (κ3) is 5.38. The number of nitrogens with one attached hydrogen (secondary N) is 1. The van der Waals surface area contributed by atoms with Crippen molar-refractivity contribution in [3.8, 4) is 11.5 Å².